The van der Waals surface area contributed by atoms with Gasteiger partial charge >= 0.3 is 0 Å². The molecule has 0 saturated carbocycles. The van der Waals surface area contributed by atoms with E-state index in [-0.39, 0.29) is 5.91 Å². The van der Waals surface area contributed by atoms with Gasteiger partial charge in [-0.05, 0) is 37.4 Å². The van der Waals surface area contributed by atoms with Crippen molar-refractivity contribution in [3.05, 3.63) is 35.9 Å². The third-order valence-electron chi connectivity index (χ3n) is 3.89. The molecule has 4 heteroatoms. The zero-order chi connectivity index (χ0) is 14.2. The van der Waals surface area contributed by atoms with E-state index in [1.165, 1.54) is 5.56 Å². The van der Waals surface area contributed by atoms with E-state index in [1.54, 1.807) is 0 Å². The topological polar surface area (TPSA) is 58.4 Å². The standard InChI is InChI=1S/C16H25N3O/c17-8-11-19(10-7-14-4-2-1-3-5-14)16(20)12-15-6-9-18-13-15/h1-5,15,18H,6-13,17H2. The number of nitrogens with two attached hydrogens (primary N) is 1. The van der Waals surface area contributed by atoms with Crippen LogP contribution in [0.15, 0.2) is 30.3 Å². The number of carbonyl (C=O) groups excluding carboxylic acids is 1. The first kappa shape index (κ1) is 15.0. The van der Waals surface area contributed by atoms with Crippen LogP contribution in [0.1, 0.15) is 18.4 Å². The lowest BCUT2D eigenvalue weighted by molar-refractivity contribution is -0.132. The molecule has 0 aromatic heterocycles. The largest absolute Gasteiger partial charge is 0.341 e. The highest BCUT2D eigenvalue weighted by atomic mass is 16.2. The van der Waals surface area contributed by atoms with Gasteiger partial charge in [0.25, 0.3) is 0 Å². The molecule has 1 unspecified atom stereocenters. The average molecular weight is 275 g/mol. The fourth-order valence-corrected chi connectivity index (χ4v) is 2.69. The average Bonchev–Trinajstić information content (AvgIpc) is 2.97. The second-order valence-electron chi connectivity index (χ2n) is 5.47. The lowest BCUT2D eigenvalue weighted by atomic mass is 10.0. The second-order valence-corrected chi connectivity index (χ2v) is 5.47. The van der Waals surface area contributed by atoms with Crippen LogP contribution in [-0.4, -0.2) is 43.5 Å². The van der Waals surface area contributed by atoms with Crippen LogP contribution in [-0.2, 0) is 11.2 Å². The van der Waals surface area contributed by atoms with E-state index in [9.17, 15) is 4.79 Å². The lowest BCUT2D eigenvalue weighted by Gasteiger charge is -2.23. The minimum atomic E-state index is 0.250. The van der Waals surface area contributed by atoms with Gasteiger partial charge in [0.1, 0.15) is 0 Å². The van der Waals surface area contributed by atoms with Gasteiger partial charge in [0.05, 0.1) is 0 Å². The SMILES string of the molecule is NCCN(CCc1ccccc1)C(=O)CC1CCNC1. The third-order valence-corrected chi connectivity index (χ3v) is 3.89. The van der Waals surface area contributed by atoms with Crippen molar-refractivity contribution < 1.29 is 4.79 Å². The summed E-state index contributed by atoms with van der Waals surface area (Å²) in [6, 6.07) is 10.3. The van der Waals surface area contributed by atoms with E-state index in [2.05, 4.69) is 17.4 Å². The van der Waals surface area contributed by atoms with Gasteiger partial charge < -0.3 is 16.0 Å². The van der Waals surface area contributed by atoms with Crippen LogP contribution in [0.2, 0.25) is 0 Å². The Morgan fingerprint density at radius 1 is 1.30 bits per heavy atom. The number of hydrogen-bond donors (Lipinski definition) is 2. The molecule has 110 valence electrons. The summed E-state index contributed by atoms with van der Waals surface area (Å²) in [5.41, 5.74) is 6.91. The molecule has 1 atom stereocenters. The highest BCUT2D eigenvalue weighted by Crippen LogP contribution is 2.14. The maximum Gasteiger partial charge on any atom is 0.222 e. The first-order valence-electron chi connectivity index (χ1n) is 7.52. The Morgan fingerprint density at radius 3 is 2.75 bits per heavy atom. The Morgan fingerprint density at radius 2 is 2.10 bits per heavy atom. The molecule has 1 aliphatic rings. The molecule has 1 aliphatic heterocycles. The van der Waals surface area contributed by atoms with E-state index < -0.39 is 0 Å². The second kappa shape index (κ2) is 8.02. The zero-order valence-electron chi connectivity index (χ0n) is 12.1. The molecule has 1 amide bonds. The number of benzene rings is 1. The molecule has 3 N–H and O–H groups in total. The van der Waals surface area contributed by atoms with Gasteiger partial charge in [-0.15, -0.1) is 0 Å². The third kappa shape index (κ3) is 4.62. The number of hydrogen-bond acceptors (Lipinski definition) is 3. The monoisotopic (exact) mass is 275 g/mol. The Hall–Kier alpha value is -1.39. The molecule has 20 heavy (non-hydrogen) atoms. The summed E-state index contributed by atoms with van der Waals surface area (Å²) >= 11 is 0. The summed E-state index contributed by atoms with van der Waals surface area (Å²) in [5.74, 6) is 0.750. The van der Waals surface area contributed by atoms with E-state index in [0.29, 0.717) is 25.4 Å². The summed E-state index contributed by atoms with van der Waals surface area (Å²) in [4.78, 5) is 14.3. The Balaban J connectivity index is 1.83. The van der Waals surface area contributed by atoms with Crippen LogP contribution in [0.3, 0.4) is 0 Å². The number of rotatable bonds is 7. The van der Waals surface area contributed by atoms with Crippen molar-refractivity contribution in [2.45, 2.75) is 19.3 Å². The summed E-state index contributed by atoms with van der Waals surface area (Å²) in [7, 11) is 0. The maximum atomic E-state index is 12.4. The minimum Gasteiger partial charge on any atom is -0.341 e. The molecule has 4 nitrogen and oxygen atoms in total. The van der Waals surface area contributed by atoms with Crippen molar-refractivity contribution in [3.63, 3.8) is 0 Å². The van der Waals surface area contributed by atoms with Gasteiger partial charge in [-0.2, -0.15) is 0 Å². The van der Waals surface area contributed by atoms with Crippen LogP contribution in [0.4, 0.5) is 0 Å². The highest BCUT2D eigenvalue weighted by Gasteiger charge is 2.21. The predicted molar refractivity (Wildman–Crippen MR) is 81.4 cm³/mol. The molecule has 1 aromatic rings. The van der Waals surface area contributed by atoms with Crippen molar-refractivity contribution in [3.8, 4) is 0 Å². The molecule has 1 saturated heterocycles. The lowest BCUT2D eigenvalue weighted by Crippen LogP contribution is -2.38. The first-order chi connectivity index (χ1) is 9.79. The Kier molecular flexibility index (Phi) is 6.02. The summed E-state index contributed by atoms with van der Waals surface area (Å²) < 4.78 is 0. The first-order valence-corrected chi connectivity index (χ1v) is 7.52. The molecule has 0 radical (unpaired) electrons. The maximum absolute atomic E-state index is 12.4. The molecule has 0 aliphatic carbocycles. The predicted octanol–water partition coefficient (Wildman–Crippen LogP) is 1.02. The molecule has 1 aromatic carbocycles. The van der Waals surface area contributed by atoms with E-state index in [0.717, 1.165) is 32.5 Å². The quantitative estimate of drug-likeness (QED) is 0.781. The number of nitrogens with one attached hydrogen (secondary N) is 1. The van der Waals surface area contributed by atoms with Crippen molar-refractivity contribution in [1.29, 1.82) is 0 Å². The van der Waals surface area contributed by atoms with E-state index >= 15 is 0 Å². The van der Waals surface area contributed by atoms with Crippen LogP contribution in [0.5, 0.6) is 0 Å². The Bertz CT molecular complexity index is 401. The molecule has 0 bridgehead atoms. The minimum absolute atomic E-state index is 0.250. The zero-order valence-corrected chi connectivity index (χ0v) is 12.1. The highest BCUT2D eigenvalue weighted by molar-refractivity contribution is 5.76. The fraction of sp³-hybridized carbons (Fsp3) is 0.562. The molecule has 1 heterocycles. The van der Waals surface area contributed by atoms with Crippen LogP contribution in [0.25, 0.3) is 0 Å². The van der Waals surface area contributed by atoms with Crippen LogP contribution in [0, 0.1) is 5.92 Å². The smallest absolute Gasteiger partial charge is 0.222 e. The van der Waals surface area contributed by atoms with E-state index in [1.807, 2.05) is 23.1 Å². The molecular weight excluding hydrogens is 250 g/mol. The summed E-state index contributed by atoms with van der Waals surface area (Å²) in [5, 5.41) is 3.31. The van der Waals surface area contributed by atoms with Crippen LogP contribution >= 0.6 is 0 Å². The summed E-state index contributed by atoms with van der Waals surface area (Å²) in [6.07, 6.45) is 2.66. The molecular formula is C16H25N3O. The molecule has 1 fully saturated rings. The van der Waals surface area contributed by atoms with Gasteiger partial charge in [0, 0.05) is 26.1 Å². The van der Waals surface area contributed by atoms with Crippen molar-refractivity contribution >= 4 is 5.91 Å². The van der Waals surface area contributed by atoms with Gasteiger partial charge in [-0.3, -0.25) is 4.79 Å². The van der Waals surface area contributed by atoms with Crippen molar-refractivity contribution in [1.82, 2.24) is 10.2 Å². The van der Waals surface area contributed by atoms with Gasteiger partial charge in [0.15, 0.2) is 0 Å². The fourth-order valence-electron chi connectivity index (χ4n) is 2.69. The number of carbonyl (C=O) groups is 1. The van der Waals surface area contributed by atoms with Crippen molar-refractivity contribution in [2.75, 3.05) is 32.7 Å². The normalized spacial score (nSPS) is 18.1. The number of amides is 1. The molecule has 0 spiro atoms. The Labute approximate surface area is 121 Å². The van der Waals surface area contributed by atoms with Gasteiger partial charge in [0.2, 0.25) is 5.91 Å². The van der Waals surface area contributed by atoms with E-state index in [4.69, 9.17) is 5.73 Å². The van der Waals surface area contributed by atoms with Gasteiger partial charge in [-0.1, -0.05) is 30.3 Å². The number of nitrogens with zero attached hydrogens (tertiary/aromatic N) is 1. The molecule has 2 rings (SSSR count). The van der Waals surface area contributed by atoms with Crippen LogP contribution < -0.4 is 11.1 Å². The van der Waals surface area contributed by atoms with Crippen molar-refractivity contribution in [2.24, 2.45) is 11.7 Å². The summed E-state index contributed by atoms with van der Waals surface area (Å²) in [6.45, 7) is 3.97. The van der Waals surface area contributed by atoms with Gasteiger partial charge in [-0.25, -0.2) is 0 Å².